The van der Waals surface area contributed by atoms with Gasteiger partial charge in [-0.15, -0.1) is 18.5 Å². The summed E-state index contributed by atoms with van der Waals surface area (Å²) in [4.78, 5) is 10.1. The molecule has 2 bridgehead atoms. The zero-order chi connectivity index (χ0) is 10.5. The van der Waals surface area contributed by atoms with Crippen LogP contribution in [-0.2, 0) is 24.9 Å². The second kappa shape index (κ2) is 3.85. The third kappa shape index (κ3) is 1.66. The molecule has 7 heteroatoms. The molecule has 1 aliphatic heterocycles. The van der Waals surface area contributed by atoms with Gasteiger partial charge >= 0.3 is 0 Å². The summed E-state index contributed by atoms with van der Waals surface area (Å²) in [6.07, 6.45) is 3.08. The molecule has 3 fully saturated rings. The Bertz CT molecular complexity index is 255. The van der Waals surface area contributed by atoms with Crippen molar-refractivity contribution in [3.8, 4) is 0 Å². The predicted molar refractivity (Wildman–Crippen MR) is 55.7 cm³/mol. The van der Waals surface area contributed by atoms with E-state index in [0.717, 1.165) is 6.42 Å². The fourth-order valence-electron chi connectivity index (χ4n) is 3.16. The van der Waals surface area contributed by atoms with Gasteiger partial charge in [0.05, 0.1) is 0 Å². The summed E-state index contributed by atoms with van der Waals surface area (Å²) in [5.41, 5.74) is 0. The van der Waals surface area contributed by atoms with Crippen molar-refractivity contribution in [3.63, 3.8) is 0 Å². The lowest BCUT2D eigenvalue weighted by atomic mass is 9.88. The van der Waals surface area contributed by atoms with Gasteiger partial charge in [-0.25, -0.2) is 0 Å². The number of rotatable bonds is 1. The van der Waals surface area contributed by atoms with Gasteiger partial charge in [-0.3, -0.25) is 0 Å². The van der Waals surface area contributed by atoms with Crippen molar-refractivity contribution in [1.29, 1.82) is 0 Å². The Morgan fingerprint density at radius 2 is 1.73 bits per heavy atom. The van der Waals surface area contributed by atoms with Crippen LogP contribution in [0.25, 0.3) is 0 Å². The van der Waals surface area contributed by atoms with Gasteiger partial charge in [-0.05, 0) is 46.2 Å². The Hall–Kier alpha value is 0.660. The first kappa shape index (κ1) is 10.8. The molecule has 15 heavy (non-hydrogen) atoms. The second-order valence-electron chi connectivity index (χ2n) is 4.55. The maximum absolute atomic E-state index is 4.92. The molecule has 0 radical (unpaired) electrons. The Morgan fingerprint density at radius 1 is 1.00 bits per heavy atom. The van der Waals surface area contributed by atoms with Crippen LogP contribution in [0.3, 0.4) is 0 Å². The van der Waals surface area contributed by atoms with E-state index in [2.05, 4.69) is 33.6 Å². The molecule has 2 saturated carbocycles. The van der Waals surface area contributed by atoms with Crippen LogP contribution in [0.4, 0.5) is 0 Å². The Balaban J connectivity index is 1.74. The first-order chi connectivity index (χ1) is 7.19. The summed E-state index contributed by atoms with van der Waals surface area (Å²) in [6.45, 7) is 0. The van der Waals surface area contributed by atoms with Gasteiger partial charge in [-0.2, -0.15) is 9.78 Å². The van der Waals surface area contributed by atoms with Gasteiger partial charge in [0.25, 0.3) is 0 Å². The lowest BCUT2D eigenvalue weighted by molar-refractivity contribution is -0.790. The van der Waals surface area contributed by atoms with E-state index in [9.17, 15) is 0 Å². The van der Waals surface area contributed by atoms with Gasteiger partial charge in [0.15, 0.2) is 0 Å². The molecule has 0 amide bonds. The highest BCUT2D eigenvalue weighted by Crippen LogP contribution is 2.64. The third-order valence-electron chi connectivity index (χ3n) is 3.92. The monoisotopic (exact) mass is 252 g/mol. The van der Waals surface area contributed by atoms with Crippen molar-refractivity contribution in [2.45, 2.75) is 30.4 Å². The highest BCUT2D eigenvalue weighted by molar-refractivity contribution is 7.40. The molecular formula is C8H14O5P2. The second-order valence-corrected chi connectivity index (χ2v) is 7.21. The topological polar surface area (TPSA) is 46.2 Å². The highest BCUT2D eigenvalue weighted by Gasteiger charge is 2.57. The number of hydrogen-bond donors (Lipinski definition) is 0. The van der Waals surface area contributed by atoms with E-state index in [4.69, 9.17) is 9.78 Å². The number of hydrogen-bond acceptors (Lipinski definition) is 5. The molecule has 2 aliphatic carbocycles. The summed E-state index contributed by atoms with van der Waals surface area (Å²) in [5.74, 6) is 1.55. The van der Waals surface area contributed by atoms with E-state index >= 15 is 0 Å². The van der Waals surface area contributed by atoms with Gasteiger partial charge in [0, 0.05) is 10.8 Å². The largest absolute Gasteiger partial charge is 0.233 e. The van der Waals surface area contributed by atoms with Gasteiger partial charge in [0.1, 0.15) is 0 Å². The fraction of sp³-hybridized carbons (Fsp3) is 1.00. The molecule has 0 aromatic rings. The third-order valence-corrected chi connectivity index (χ3v) is 5.72. The molecule has 3 rings (SSSR count). The summed E-state index contributed by atoms with van der Waals surface area (Å²) in [7, 11) is 5.91. The minimum atomic E-state index is -0.477. The summed E-state index contributed by atoms with van der Waals surface area (Å²) >= 11 is 0. The fourth-order valence-corrected chi connectivity index (χ4v) is 4.60. The molecular weight excluding hydrogens is 238 g/mol. The molecule has 1 saturated heterocycles. The first-order valence-corrected chi connectivity index (χ1v) is 6.25. The van der Waals surface area contributed by atoms with Crippen LogP contribution < -0.4 is 0 Å². The first-order valence-electron chi connectivity index (χ1n) is 5.09. The average Bonchev–Trinajstić information content (AvgIpc) is 2.69. The van der Waals surface area contributed by atoms with Crippen LogP contribution in [0.1, 0.15) is 19.3 Å². The van der Waals surface area contributed by atoms with Gasteiger partial charge in [0.2, 0.25) is 6.29 Å². The molecule has 5 nitrogen and oxygen atoms in total. The van der Waals surface area contributed by atoms with Crippen LogP contribution in [0, 0.1) is 17.8 Å². The molecule has 0 spiro atoms. The standard InChI is InChI=1S/C8H14O5P2/c14-8(15)4-1-2-6(8)5(3-4)7-9-11-13-12-10-7/h4-7H,1-3,14-15H2/t4?,5-,6?/m0/s1. The van der Waals surface area contributed by atoms with E-state index in [1.807, 2.05) is 0 Å². The van der Waals surface area contributed by atoms with Crippen molar-refractivity contribution in [2.24, 2.45) is 17.8 Å². The van der Waals surface area contributed by atoms with Crippen molar-refractivity contribution in [3.05, 3.63) is 0 Å². The zero-order valence-electron chi connectivity index (χ0n) is 8.13. The normalized spacial score (nSPS) is 44.8. The highest BCUT2D eigenvalue weighted by atomic mass is 31.1. The molecule has 0 aromatic carbocycles. The Kier molecular flexibility index (Phi) is 2.77. The van der Waals surface area contributed by atoms with Crippen molar-refractivity contribution in [1.82, 2.24) is 0 Å². The van der Waals surface area contributed by atoms with E-state index in [1.165, 1.54) is 12.8 Å². The minimum absolute atomic E-state index is 0.218. The summed E-state index contributed by atoms with van der Waals surface area (Å²) in [6, 6.07) is 0. The molecule has 0 aromatic heterocycles. The number of fused-ring (bicyclic) bond motifs is 2. The van der Waals surface area contributed by atoms with Crippen LogP contribution in [-0.4, -0.2) is 11.2 Å². The van der Waals surface area contributed by atoms with E-state index in [0.29, 0.717) is 17.8 Å². The molecule has 86 valence electrons. The lowest BCUT2D eigenvalue weighted by Gasteiger charge is -2.30. The van der Waals surface area contributed by atoms with Crippen LogP contribution in [0.5, 0.6) is 0 Å². The van der Waals surface area contributed by atoms with Crippen molar-refractivity contribution in [2.75, 3.05) is 0 Å². The van der Waals surface area contributed by atoms with Crippen molar-refractivity contribution >= 4 is 18.5 Å². The van der Waals surface area contributed by atoms with Crippen LogP contribution in [0.15, 0.2) is 0 Å². The molecule has 0 N–H and O–H groups in total. The zero-order valence-corrected chi connectivity index (χ0v) is 10.4. The van der Waals surface area contributed by atoms with Crippen molar-refractivity contribution < 1.29 is 24.9 Å². The molecule has 1 heterocycles. The maximum atomic E-state index is 4.92. The smallest absolute Gasteiger partial charge is 0.168 e. The molecule has 3 aliphatic rings. The van der Waals surface area contributed by atoms with Gasteiger partial charge in [-0.1, -0.05) is 0 Å². The molecule has 4 unspecified atom stereocenters. The quantitative estimate of drug-likeness (QED) is 0.523. The van der Waals surface area contributed by atoms with Crippen LogP contribution >= 0.6 is 18.5 Å². The van der Waals surface area contributed by atoms with Crippen LogP contribution in [0.2, 0.25) is 0 Å². The van der Waals surface area contributed by atoms with Gasteiger partial charge < -0.3 is 0 Å². The molecule has 5 atom stereocenters. The SMILES string of the molecule is PC1(P)C2CCC1[C@@H](C1OOOOO1)C2. The average molecular weight is 252 g/mol. The Labute approximate surface area is 92.2 Å². The van der Waals surface area contributed by atoms with E-state index in [-0.39, 0.29) is 4.90 Å². The lowest BCUT2D eigenvalue weighted by Crippen LogP contribution is -2.35. The van der Waals surface area contributed by atoms with E-state index in [1.54, 1.807) is 0 Å². The maximum Gasteiger partial charge on any atom is 0.233 e. The summed E-state index contributed by atoms with van der Waals surface area (Å²) in [5, 5.41) is 12.7. The minimum Gasteiger partial charge on any atom is -0.168 e. The summed E-state index contributed by atoms with van der Waals surface area (Å²) < 4.78 is 0. The Morgan fingerprint density at radius 3 is 2.27 bits per heavy atom. The predicted octanol–water partition coefficient (Wildman–Crippen LogP) is 1.56. The van der Waals surface area contributed by atoms with E-state index < -0.39 is 6.29 Å².